The van der Waals surface area contributed by atoms with Gasteiger partial charge < -0.3 is 14.4 Å². The molecular formula is C15H26N2O4S. The number of ether oxygens (including phenoxy) is 2. The number of aryl methyl sites for hydroxylation is 1. The second-order valence-corrected chi connectivity index (χ2v) is 6.63. The van der Waals surface area contributed by atoms with Crippen LogP contribution in [0.25, 0.3) is 0 Å². The number of hydrogen-bond acceptors (Lipinski definition) is 5. The number of rotatable bonds is 9. The number of benzene rings is 1. The number of sulfonamides is 1. The van der Waals surface area contributed by atoms with Crippen molar-refractivity contribution in [2.24, 2.45) is 0 Å². The summed E-state index contributed by atoms with van der Waals surface area (Å²) in [6.45, 7) is 8.73. The van der Waals surface area contributed by atoms with Crippen LogP contribution in [-0.2, 0) is 10.0 Å². The number of nitrogens with one attached hydrogen (secondary N) is 1. The molecule has 7 heteroatoms. The smallest absolute Gasteiger partial charge is 0.244 e. The fourth-order valence-corrected chi connectivity index (χ4v) is 3.37. The van der Waals surface area contributed by atoms with Crippen molar-refractivity contribution < 1.29 is 17.9 Å². The van der Waals surface area contributed by atoms with Crippen molar-refractivity contribution in [2.75, 3.05) is 40.4 Å². The predicted octanol–water partition coefficient (Wildman–Crippen LogP) is 1.63. The molecule has 0 spiro atoms. The highest BCUT2D eigenvalue weighted by molar-refractivity contribution is 7.89. The monoisotopic (exact) mass is 330 g/mol. The van der Waals surface area contributed by atoms with Crippen molar-refractivity contribution in [1.82, 2.24) is 9.62 Å². The summed E-state index contributed by atoms with van der Waals surface area (Å²) < 4.78 is 38.0. The molecule has 0 atom stereocenters. The maximum absolute atomic E-state index is 12.5. The summed E-state index contributed by atoms with van der Waals surface area (Å²) in [7, 11) is -0.679. The lowest BCUT2D eigenvalue weighted by atomic mass is 10.2. The van der Waals surface area contributed by atoms with Gasteiger partial charge in [0.15, 0.2) is 0 Å². The molecule has 0 heterocycles. The normalized spacial score (nSPS) is 11.7. The summed E-state index contributed by atoms with van der Waals surface area (Å²) in [4.78, 5) is 2.24. The molecule has 1 N–H and O–H groups in total. The minimum Gasteiger partial charge on any atom is -0.496 e. The van der Waals surface area contributed by atoms with Gasteiger partial charge in [-0.3, -0.25) is 0 Å². The SMILES string of the molecule is CCN(CC)CCNS(=O)(=O)c1cc(OC)c(C)cc1OC. The zero-order valence-corrected chi connectivity index (χ0v) is 14.8. The Bertz CT molecular complexity index is 583. The molecule has 0 aliphatic rings. The Labute approximate surface area is 133 Å². The van der Waals surface area contributed by atoms with Crippen LogP contribution < -0.4 is 14.2 Å². The lowest BCUT2D eigenvalue weighted by molar-refractivity contribution is 0.309. The Kier molecular flexibility index (Phi) is 7.12. The Morgan fingerprint density at radius 1 is 1.09 bits per heavy atom. The fraction of sp³-hybridized carbons (Fsp3) is 0.600. The molecule has 6 nitrogen and oxygen atoms in total. The van der Waals surface area contributed by atoms with Crippen molar-refractivity contribution >= 4 is 10.0 Å². The lowest BCUT2D eigenvalue weighted by Crippen LogP contribution is -2.34. The average Bonchev–Trinajstić information content (AvgIpc) is 2.50. The van der Waals surface area contributed by atoms with E-state index in [2.05, 4.69) is 9.62 Å². The molecule has 1 aromatic rings. The molecule has 0 aliphatic carbocycles. The minimum absolute atomic E-state index is 0.0944. The van der Waals surface area contributed by atoms with Crippen molar-refractivity contribution in [1.29, 1.82) is 0 Å². The molecule has 126 valence electrons. The van der Waals surface area contributed by atoms with Crippen LogP contribution in [0.2, 0.25) is 0 Å². The van der Waals surface area contributed by atoms with Gasteiger partial charge in [-0.05, 0) is 31.6 Å². The summed E-state index contributed by atoms with van der Waals surface area (Å²) in [5.74, 6) is 0.832. The van der Waals surface area contributed by atoms with Crippen LogP contribution in [0.4, 0.5) is 0 Å². The zero-order chi connectivity index (χ0) is 16.8. The highest BCUT2D eigenvalue weighted by Crippen LogP contribution is 2.31. The minimum atomic E-state index is -3.65. The van der Waals surface area contributed by atoms with Gasteiger partial charge in [-0.15, -0.1) is 0 Å². The zero-order valence-electron chi connectivity index (χ0n) is 14.0. The van der Waals surface area contributed by atoms with Gasteiger partial charge in [0.1, 0.15) is 16.4 Å². The van der Waals surface area contributed by atoms with Gasteiger partial charge in [-0.2, -0.15) is 0 Å². The highest BCUT2D eigenvalue weighted by atomic mass is 32.2. The molecule has 0 bridgehead atoms. The summed E-state index contributed by atoms with van der Waals surface area (Å²) in [5, 5.41) is 0. The van der Waals surface area contributed by atoms with E-state index >= 15 is 0 Å². The van der Waals surface area contributed by atoms with Gasteiger partial charge in [-0.25, -0.2) is 13.1 Å². The summed E-state index contributed by atoms with van der Waals surface area (Å²) in [6.07, 6.45) is 0. The predicted molar refractivity (Wildman–Crippen MR) is 87.3 cm³/mol. The van der Waals surface area contributed by atoms with E-state index in [4.69, 9.17) is 9.47 Å². The second kappa shape index (κ2) is 8.36. The molecule has 0 saturated heterocycles. The summed E-state index contributed by atoms with van der Waals surface area (Å²) >= 11 is 0. The molecule has 0 saturated carbocycles. The Balaban J connectivity index is 2.97. The highest BCUT2D eigenvalue weighted by Gasteiger charge is 2.21. The van der Waals surface area contributed by atoms with E-state index in [0.717, 1.165) is 18.7 Å². The van der Waals surface area contributed by atoms with E-state index < -0.39 is 10.0 Å². The van der Waals surface area contributed by atoms with E-state index in [0.29, 0.717) is 24.6 Å². The molecule has 0 amide bonds. The largest absolute Gasteiger partial charge is 0.496 e. The van der Waals surface area contributed by atoms with E-state index in [1.54, 1.807) is 6.07 Å². The van der Waals surface area contributed by atoms with Gasteiger partial charge in [0.2, 0.25) is 10.0 Å². The van der Waals surface area contributed by atoms with Gasteiger partial charge >= 0.3 is 0 Å². The maximum atomic E-state index is 12.5. The van der Waals surface area contributed by atoms with E-state index in [1.165, 1.54) is 20.3 Å². The summed E-state index contributed by atoms with van der Waals surface area (Å²) in [5.41, 5.74) is 0.821. The average molecular weight is 330 g/mol. The van der Waals surface area contributed by atoms with Gasteiger partial charge in [0.25, 0.3) is 0 Å². The molecule has 0 unspecified atom stereocenters. The van der Waals surface area contributed by atoms with Crippen molar-refractivity contribution in [3.8, 4) is 11.5 Å². The third kappa shape index (κ3) is 4.59. The Morgan fingerprint density at radius 3 is 2.18 bits per heavy atom. The lowest BCUT2D eigenvalue weighted by Gasteiger charge is -2.18. The molecule has 0 fully saturated rings. The first-order valence-corrected chi connectivity index (χ1v) is 8.82. The first-order chi connectivity index (χ1) is 10.4. The molecular weight excluding hydrogens is 304 g/mol. The number of nitrogens with zero attached hydrogens (tertiary/aromatic N) is 1. The van der Waals surface area contributed by atoms with Crippen LogP contribution in [0.1, 0.15) is 19.4 Å². The quantitative estimate of drug-likeness (QED) is 0.745. The topological polar surface area (TPSA) is 67.9 Å². The third-order valence-corrected chi connectivity index (χ3v) is 5.07. The second-order valence-electron chi connectivity index (χ2n) is 4.90. The molecule has 22 heavy (non-hydrogen) atoms. The molecule has 0 aliphatic heterocycles. The number of methoxy groups -OCH3 is 2. The van der Waals surface area contributed by atoms with Crippen molar-refractivity contribution in [3.63, 3.8) is 0 Å². The van der Waals surface area contributed by atoms with Crippen molar-refractivity contribution in [3.05, 3.63) is 17.7 Å². The maximum Gasteiger partial charge on any atom is 0.244 e. The number of hydrogen-bond donors (Lipinski definition) is 1. The first kappa shape index (κ1) is 18.7. The molecule has 1 rings (SSSR count). The Hall–Kier alpha value is -1.31. The van der Waals surface area contributed by atoms with Gasteiger partial charge in [0, 0.05) is 19.2 Å². The van der Waals surface area contributed by atoms with Crippen LogP contribution in [0, 0.1) is 6.92 Å². The van der Waals surface area contributed by atoms with Crippen molar-refractivity contribution in [2.45, 2.75) is 25.7 Å². The van der Waals surface area contributed by atoms with Crippen LogP contribution in [0.15, 0.2) is 17.0 Å². The summed E-state index contributed by atoms with van der Waals surface area (Å²) in [6, 6.07) is 3.16. The van der Waals surface area contributed by atoms with Crippen LogP contribution in [0.5, 0.6) is 11.5 Å². The first-order valence-electron chi connectivity index (χ1n) is 7.34. The van der Waals surface area contributed by atoms with Gasteiger partial charge in [0.05, 0.1) is 14.2 Å². The van der Waals surface area contributed by atoms with E-state index in [-0.39, 0.29) is 4.90 Å². The van der Waals surface area contributed by atoms with Gasteiger partial charge in [-0.1, -0.05) is 13.8 Å². The molecule has 0 aromatic heterocycles. The van der Waals surface area contributed by atoms with E-state index in [1.807, 2.05) is 20.8 Å². The molecule has 0 radical (unpaired) electrons. The van der Waals surface area contributed by atoms with E-state index in [9.17, 15) is 8.42 Å². The van der Waals surface area contributed by atoms with Crippen LogP contribution in [-0.4, -0.2) is 53.7 Å². The third-order valence-electron chi connectivity index (χ3n) is 3.59. The Morgan fingerprint density at radius 2 is 1.68 bits per heavy atom. The van der Waals surface area contributed by atoms with Crippen LogP contribution >= 0.6 is 0 Å². The standard InChI is InChI=1S/C15H26N2O4S/c1-6-17(7-2)9-8-16-22(18,19)15-11-13(20-4)12(3)10-14(15)21-5/h10-11,16H,6-9H2,1-5H3. The fourth-order valence-electron chi connectivity index (χ4n) is 2.19. The number of likely N-dealkylation sites (N-methyl/N-ethyl adjacent to an activating group) is 1. The molecule has 1 aromatic carbocycles. The van der Waals surface area contributed by atoms with Crippen LogP contribution in [0.3, 0.4) is 0 Å².